The van der Waals surface area contributed by atoms with Crippen molar-refractivity contribution in [2.45, 2.75) is 71.1 Å². The molecule has 0 saturated carbocycles. The summed E-state index contributed by atoms with van der Waals surface area (Å²) in [5, 5.41) is 2.81. The van der Waals surface area contributed by atoms with Gasteiger partial charge in [0, 0.05) is 19.2 Å². The van der Waals surface area contributed by atoms with Gasteiger partial charge in [-0.15, -0.1) is 22.7 Å². The number of thiophene rings is 2. The van der Waals surface area contributed by atoms with Crippen LogP contribution in [-0.2, 0) is 6.42 Å². The van der Waals surface area contributed by atoms with Crippen LogP contribution in [0.3, 0.4) is 0 Å². The second-order valence-corrected chi connectivity index (χ2v) is 10.4. The topological polar surface area (TPSA) is 0 Å². The van der Waals surface area contributed by atoms with Gasteiger partial charge < -0.3 is 0 Å². The van der Waals surface area contributed by atoms with Gasteiger partial charge in [0.15, 0.2) is 0 Å². The summed E-state index contributed by atoms with van der Waals surface area (Å²) < 4.78 is 2.85. The molecule has 2 aromatic carbocycles. The molecule has 2 heterocycles. The first-order valence-electron chi connectivity index (χ1n) is 11.3. The minimum Gasteiger partial charge on any atom is -0.140 e. The zero-order chi connectivity index (χ0) is 19.9. The lowest BCUT2D eigenvalue weighted by molar-refractivity contribution is 0.565. The molecule has 4 aromatic rings. The Morgan fingerprint density at radius 2 is 1.24 bits per heavy atom. The van der Waals surface area contributed by atoms with Crippen LogP contribution in [0.15, 0.2) is 54.6 Å². The average molecular weight is 421 g/mol. The molecule has 0 aliphatic rings. The van der Waals surface area contributed by atoms with Gasteiger partial charge in [0.1, 0.15) is 0 Å². The molecule has 2 heteroatoms. The van der Waals surface area contributed by atoms with E-state index in [9.17, 15) is 0 Å². The van der Waals surface area contributed by atoms with Gasteiger partial charge >= 0.3 is 0 Å². The number of unbranched alkanes of at least 4 members (excludes halogenated alkanes) is 8. The third-order valence-electron chi connectivity index (χ3n) is 5.79. The van der Waals surface area contributed by atoms with E-state index in [4.69, 9.17) is 0 Å². The molecule has 29 heavy (non-hydrogen) atoms. The molecule has 0 atom stereocenters. The molecular formula is C27H32S2. The van der Waals surface area contributed by atoms with Crippen LogP contribution in [0.1, 0.15) is 69.6 Å². The number of benzene rings is 2. The molecule has 2 aromatic heterocycles. The number of hydrogen-bond donors (Lipinski definition) is 0. The molecule has 0 bridgehead atoms. The van der Waals surface area contributed by atoms with Crippen molar-refractivity contribution in [1.29, 1.82) is 0 Å². The zero-order valence-electron chi connectivity index (χ0n) is 17.6. The molecule has 152 valence electrons. The fraction of sp³-hybridized carbons (Fsp3) is 0.407. The molecular weight excluding hydrogens is 388 g/mol. The van der Waals surface area contributed by atoms with Gasteiger partial charge in [0.2, 0.25) is 0 Å². The summed E-state index contributed by atoms with van der Waals surface area (Å²) in [6, 6.07) is 20.3. The second kappa shape index (κ2) is 10.4. The first kappa shape index (κ1) is 20.6. The van der Waals surface area contributed by atoms with Crippen LogP contribution < -0.4 is 0 Å². The highest BCUT2D eigenvalue weighted by atomic mass is 32.1. The number of rotatable bonds is 11. The molecule has 0 aliphatic heterocycles. The van der Waals surface area contributed by atoms with Crippen LogP contribution in [0.25, 0.3) is 30.6 Å². The first-order valence-corrected chi connectivity index (χ1v) is 13.0. The Hall–Kier alpha value is -1.64. The number of aryl methyl sites for hydroxylation is 1. The highest BCUT2D eigenvalue weighted by Gasteiger charge is 2.08. The van der Waals surface area contributed by atoms with Crippen molar-refractivity contribution in [3.8, 4) is 10.4 Å². The lowest BCUT2D eigenvalue weighted by atomic mass is 10.1. The Morgan fingerprint density at radius 1 is 0.621 bits per heavy atom. The molecule has 0 nitrogen and oxygen atoms in total. The summed E-state index contributed by atoms with van der Waals surface area (Å²) in [4.78, 5) is 2.93. The summed E-state index contributed by atoms with van der Waals surface area (Å²) in [6.45, 7) is 2.29. The van der Waals surface area contributed by atoms with Crippen molar-refractivity contribution in [1.82, 2.24) is 0 Å². The molecule has 0 unspecified atom stereocenters. The van der Waals surface area contributed by atoms with Gasteiger partial charge in [-0.2, -0.15) is 0 Å². The quantitative estimate of drug-likeness (QED) is 0.212. The van der Waals surface area contributed by atoms with Gasteiger partial charge in [0.05, 0.1) is 0 Å². The van der Waals surface area contributed by atoms with Crippen LogP contribution in [0.2, 0.25) is 0 Å². The Kier molecular flexibility index (Phi) is 7.40. The maximum Gasteiger partial charge on any atom is 0.0356 e. The highest BCUT2D eigenvalue weighted by Crippen LogP contribution is 2.38. The van der Waals surface area contributed by atoms with Crippen molar-refractivity contribution >= 4 is 42.8 Å². The SMILES string of the molecule is CCCCCCCCCCCc1cc2cc3sc(-c4ccccc4)cc3cc2s1. The smallest absolute Gasteiger partial charge is 0.0356 e. The van der Waals surface area contributed by atoms with Crippen molar-refractivity contribution in [2.75, 3.05) is 0 Å². The van der Waals surface area contributed by atoms with Crippen LogP contribution in [-0.4, -0.2) is 0 Å². The monoisotopic (exact) mass is 420 g/mol. The molecule has 0 N–H and O–H groups in total. The Labute approximate surface area is 183 Å². The van der Waals surface area contributed by atoms with Crippen LogP contribution in [0.4, 0.5) is 0 Å². The Balaban J connectivity index is 1.31. The number of hydrogen-bond acceptors (Lipinski definition) is 2. The molecule has 0 amide bonds. The van der Waals surface area contributed by atoms with E-state index in [0.29, 0.717) is 0 Å². The molecule has 0 saturated heterocycles. The number of fused-ring (bicyclic) bond motifs is 2. The molecule has 0 aliphatic carbocycles. The maximum atomic E-state index is 2.44. The third-order valence-corrected chi connectivity index (χ3v) is 8.10. The van der Waals surface area contributed by atoms with E-state index < -0.39 is 0 Å². The van der Waals surface area contributed by atoms with Gasteiger partial charge in [-0.1, -0.05) is 88.6 Å². The van der Waals surface area contributed by atoms with Crippen molar-refractivity contribution in [3.63, 3.8) is 0 Å². The largest absolute Gasteiger partial charge is 0.140 e. The van der Waals surface area contributed by atoms with Gasteiger partial charge in [-0.25, -0.2) is 0 Å². The summed E-state index contributed by atoms with van der Waals surface area (Å²) in [7, 11) is 0. The Morgan fingerprint density at radius 3 is 1.97 bits per heavy atom. The van der Waals surface area contributed by atoms with Gasteiger partial charge in [0.25, 0.3) is 0 Å². The normalized spacial score (nSPS) is 11.6. The summed E-state index contributed by atoms with van der Waals surface area (Å²) in [5.41, 5.74) is 1.32. The van der Waals surface area contributed by atoms with Crippen LogP contribution in [0.5, 0.6) is 0 Å². The van der Waals surface area contributed by atoms with Crippen molar-refractivity contribution < 1.29 is 0 Å². The van der Waals surface area contributed by atoms with Crippen LogP contribution in [0, 0.1) is 0 Å². The van der Waals surface area contributed by atoms with E-state index in [-0.39, 0.29) is 0 Å². The van der Waals surface area contributed by atoms with Crippen molar-refractivity contribution in [3.05, 3.63) is 59.5 Å². The molecule has 4 rings (SSSR count). The summed E-state index contributed by atoms with van der Waals surface area (Å²) >= 11 is 3.91. The molecule has 0 spiro atoms. The summed E-state index contributed by atoms with van der Waals surface area (Å²) in [5.74, 6) is 0. The van der Waals surface area contributed by atoms with Gasteiger partial charge in [-0.05, 0) is 53.4 Å². The van der Waals surface area contributed by atoms with E-state index in [0.717, 1.165) is 0 Å². The van der Waals surface area contributed by atoms with E-state index in [1.165, 1.54) is 94.8 Å². The third kappa shape index (κ3) is 5.49. The van der Waals surface area contributed by atoms with Gasteiger partial charge in [-0.3, -0.25) is 0 Å². The minimum atomic E-state index is 1.25. The molecule has 0 fully saturated rings. The van der Waals surface area contributed by atoms with E-state index in [2.05, 4.69) is 61.5 Å². The van der Waals surface area contributed by atoms with E-state index >= 15 is 0 Å². The first-order chi connectivity index (χ1) is 14.3. The van der Waals surface area contributed by atoms with Crippen molar-refractivity contribution in [2.24, 2.45) is 0 Å². The predicted octanol–water partition coefficient (Wildman–Crippen LogP) is 9.86. The average Bonchev–Trinajstić information content (AvgIpc) is 3.34. The predicted molar refractivity (Wildman–Crippen MR) is 134 cm³/mol. The fourth-order valence-corrected chi connectivity index (χ4v) is 6.34. The lowest BCUT2D eigenvalue weighted by Crippen LogP contribution is -1.83. The van der Waals surface area contributed by atoms with Crippen LogP contribution >= 0.6 is 22.7 Å². The maximum absolute atomic E-state index is 2.44. The molecule has 0 radical (unpaired) electrons. The second-order valence-electron chi connectivity index (χ2n) is 8.20. The minimum absolute atomic E-state index is 1.25. The summed E-state index contributed by atoms with van der Waals surface area (Å²) in [6.07, 6.45) is 13.9. The lowest BCUT2D eigenvalue weighted by Gasteiger charge is -2.01. The standard InChI is InChI=1S/C27H32S2/c1-2-3-4-5-6-7-8-9-13-16-24-17-22-18-27-23(20-26(22)28-24)19-25(29-27)21-14-11-10-12-15-21/h10-12,14-15,17-20H,2-9,13,16H2,1H3. The van der Waals surface area contributed by atoms with E-state index in [1.54, 1.807) is 4.88 Å². The highest BCUT2D eigenvalue weighted by molar-refractivity contribution is 7.23. The Bertz CT molecular complexity index is 972. The zero-order valence-corrected chi connectivity index (χ0v) is 19.2. The fourth-order valence-electron chi connectivity index (χ4n) is 4.10. The van der Waals surface area contributed by atoms with E-state index in [1.807, 2.05) is 22.7 Å².